The minimum atomic E-state index is -0.714. The molecule has 6 nitrogen and oxygen atoms in total. The van der Waals surface area contributed by atoms with Gasteiger partial charge in [0.2, 0.25) is 5.91 Å². The number of hydrogen-bond acceptors (Lipinski definition) is 5. The van der Waals surface area contributed by atoms with Crippen molar-refractivity contribution in [2.45, 2.75) is 30.9 Å². The molecule has 7 heteroatoms. The summed E-state index contributed by atoms with van der Waals surface area (Å²) in [6, 6.07) is 27.6. The zero-order valence-electron chi connectivity index (χ0n) is 20.8. The first-order valence-corrected chi connectivity index (χ1v) is 13.4. The van der Waals surface area contributed by atoms with E-state index in [2.05, 4.69) is 17.2 Å². The van der Waals surface area contributed by atoms with Gasteiger partial charge in [-0.25, -0.2) is 4.79 Å². The average Bonchev–Trinajstić information content (AvgIpc) is 2.96. The maximum atomic E-state index is 13.7. The van der Waals surface area contributed by atoms with Crippen molar-refractivity contribution in [3.05, 3.63) is 119 Å². The van der Waals surface area contributed by atoms with Crippen LogP contribution in [0.4, 0.5) is 0 Å². The van der Waals surface area contributed by atoms with Crippen LogP contribution in [0.2, 0.25) is 0 Å². The number of amides is 2. The van der Waals surface area contributed by atoms with Gasteiger partial charge in [-0.05, 0) is 23.6 Å². The van der Waals surface area contributed by atoms with Gasteiger partial charge in [0.15, 0.2) is 6.10 Å². The fraction of sp³-hybridized carbons (Fsp3) is 0.194. The number of rotatable bonds is 7. The van der Waals surface area contributed by atoms with Crippen molar-refractivity contribution in [1.82, 2.24) is 10.2 Å². The molecule has 3 aromatic carbocycles. The molecule has 0 bridgehead atoms. The molecule has 0 radical (unpaired) electrons. The van der Waals surface area contributed by atoms with Gasteiger partial charge in [0.05, 0.1) is 6.42 Å². The number of nitrogens with one attached hydrogen (secondary N) is 1. The second kappa shape index (κ2) is 11.4. The van der Waals surface area contributed by atoms with E-state index < -0.39 is 23.5 Å². The predicted octanol–water partition coefficient (Wildman–Crippen LogP) is 4.24. The van der Waals surface area contributed by atoms with Crippen molar-refractivity contribution in [1.29, 1.82) is 0 Å². The number of carbonyl (C=O) groups excluding carboxylic acids is 3. The molecule has 0 spiro atoms. The number of β-lactam (4-membered cyclic amide) rings is 1. The summed E-state index contributed by atoms with van der Waals surface area (Å²) in [5.41, 5.74) is 3.19. The summed E-state index contributed by atoms with van der Waals surface area (Å²) in [5, 5.41) is 2.45. The van der Waals surface area contributed by atoms with Crippen molar-refractivity contribution in [3.63, 3.8) is 0 Å². The molecular weight excluding hydrogens is 496 g/mol. The number of fused-ring (bicyclic) bond motifs is 1. The molecule has 0 aliphatic carbocycles. The topological polar surface area (TPSA) is 75.7 Å². The highest BCUT2D eigenvalue weighted by Crippen LogP contribution is 2.41. The van der Waals surface area contributed by atoms with Crippen LogP contribution in [0.3, 0.4) is 0 Å². The molecule has 3 aromatic rings. The van der Waals surface area contributed by atoms with Crippen LogP contribution in [0, 0.1) is 11.8 Å². The molecule has 0 aromatic heterocycles. The van der Waals surface area contributed by atoms with E-state index in [0.29, 0.717) is 11.3 Å². The molecule has 5 rings (SSSR count). The van der Waals surface area contributed by atoms with Gasteiger partial charge < -0.3 is 10.1 Å². The maximum Gasteiger partial charge on any atom is 0.357 e. The number of ether oxygens (including phenoxy) is 1. The highest BCUT2D eigenvalue weighted by Gasteiger charge is 2.54. The van der Waals surface area contributed by atoms with E-state index in [0.717, 1.165) is 16.7 Å². The summed E-state index contributed by atoms with van der Waals surface area (Å²) in [6.07, 6.45) is -0.478. The first kappa shape index (κ1) is 25.4. The molecule has 1 unspecified atom stereocenters. The van der Waals surface area contributed by atoms with Crippen LogP contribution < -0.4 is 5.32 Å². The number of benzene rings is 3. The van der Waals surface area contributed by atoms with Gasteiger partial charge in [-0.3, -0.25) is 14.5 Å². The molecule has 1 fully saturated rings. The molecular formula is C31H26N2O4S. The zero-order chi connectivity index (χ0) is 26.5. The summed E-state index contributed by atoms with van der Waals surface area (Å²) < 4.78 is 6.08. The lowest BCUT2D eigenvalue weighted by Gasteiger charge is -2.49. The summed E-state index contributed by atoms with van der Waals surface area (Å²) in [6.45, 7) is 1.69. The Bertz CT molecular complexity index is 1390. The van der Waals surface area contributed by atoms with E-state index in [9.17, 15) is 14.4 Å². The number of hydrogen-bond donors (Lipinski definition) is 1. The average molecular weight is 523 g/mol. The Labute approximate surface area is 226 Å². The van der Waals surface area contributed by atoms with Crippen molar-refractivity contribution in [2.24, 2.45) is 0 Å². The first-order valence-electron chi connectivity index (χ1n) is 12.3. The largest absolute Gasteiger partial charge is 0.448 e. The Morgan fingerprint density at radius 3 is 2.13 bits per heavy atom. The van der Waals surface area contributed by atoms with Crippen LogP contribution in [0.15, 0.2) is 102 Å². The smallest absolute Gasteiger partial charge is 0.357 e. The van der Waals surface area contributed by atoms with Gasteiger partial charge in [0, 0.05) is 11.3 Å². The molecule has 2 aliphatic rings. The Kier molecular flexibility index (Phi) is 7.62. The van der Waals surface area contributed by atoms with Crippen molar-refractivity contribution in [3.8, 4) is 11.8 Å². The van der Waals surface area contributed by atoms with Crippen molar-refractivity contribution >= 4 is 29.5 Å². The number of carbonyl (C=O) groups is 3. The van der Waals surface area contributed by atoms with E-state index in [1.807, 2.05) is 91.0 Å². The molecule has 1 N–H and O–H groups in total. The van der Waals surface area contributed by atoms with Gasteiger partial charge in [-0.2, -0.15) is 0 Å². The van der Waals surface area contributed by atoms with E-state index in [-0.39, 0.29) is 23.9 Å². The molecule has 0 saturated carbocycles. The lowest BCUT2D eigenvalue weighted by Crippen LogP contribution is -2.70. The van der Waals surface area contributed by atoms with Gasteiger partial charge in [-0.15, -0.1) is 17.7 Å². The van der Waals surface area contributed by atoms with E-state index in [4.69, 9.17) is 4.74 Å². The molecule has 2 atom stereocenters. The van der Waals surface area contributed by atoms with Gasteiger partial charge >= 0.3 is 5.97 Å². The van der Waals surface area contributed by atoms with E-state index in [1.54, 1.807) is 6.92 Å². The summed E-state index contributed by atoms with van der Waals surface area (Å²) in [4.78, 5) is 41.1. The van der Waals surface area contributed by atoms with Crippen LogP contribution >= 0.6 is 11.8 Å². The number of nitrogens with zero attached hydrogens (tertiary/aromatic N) is 1. The van der Waals surface area contributed by atoms with Crippen LogP contribution in [-0.2, 0) is 25.5 Å². The number of thioether (sulfide) groups is 1. The summed E-state index contributed by atoms with van der Waals surface area (Å²) >= 11 is 1.48. The Balaban J connectivity index is 1.38. The molecule has 2 heterocycles. The van der Waals surface area contributed by atoms with Crippen molar-refractivity contribution in [2.75, 3.05) is 5.75 Å². The monoisotopic (exact) mass is 522 g/mol. The molecule has 1 saturated heterocycles. The fourth-order valence-electron chi connectivity index (χ4n) is 4.61. The van der Waals surface area contributed by atoms with Gasteiger partial charge in [-0.1, -0.05) is 96.9 Å². The van der Waals surface area contributed by atoms with E-state index >= 15 is 0 Å². The SMILES string of the molecule is CC#CC1=C(C(=O)OC(c2ccccc2)c2ccccc2)N2C(=O)C(NC(=O)Cc3ccccc3)[C@@H]2SC1. The van der Waals surface area contributed by atoms with Crippen LogP contribution in [0.1, 0.15) is 29.7 Å². The highest BCUT2D eigenvalue weighted by molar-refractivity contribution is 8.00. The number of esters is 1. The van der Waals surface area contributed by atoms with Crippen LogP contribution in [0.5, 0.6) is 0 Å². The van der Waals surface area contributed by atoms with Gasteiger partial charge in [0.1, 0.15) is 17.1 Å². The normalized spacial score (nSPS) is 18.2. The molecule has 38 heavy (non-hydrogen) atoms. The first-order chi connectivity index (χ1) is 18.6. The quantitative estimate of drug-likeness (QED) is 0.285. The third-order valence-corrected chi connectivity index (χ3v) is 7.67. The lowest BCUT2D eigenvalue weighted by atomic mass is 10.0. The Morgan fingerprint density at radius 2 is 1.55 bits per heavy atom. The molecule has 190 valence electrons. The Morgan fingerprint density at radius 1 is 0.974 bits per heavy atom. The minimum Gasteiger partial charge on any atom is -0.448 e. The summed E-state index contributed by atoms with van der Waals surface area (Å²) in [7, 11) is 0. The third-order valence-electron chi connectivity index (χ3n) is 6.39. The molecule has 2 amide bonds. The fourth-order valence-corrected chi connectivity index (χ4v) is 5.89. The predicted molar refractivity (Wildman–Crippen MR) is 146 cm³/mol. The third kappa shape index (κ3) is 5.22. The van der Waals surface area contributed by atoms with Crippen molar-refractivity contribution < 1.29 is 19.1 Å². The van der Waals surface area contributed by atoms with Crippen LogP contribution in [-0.4, -0.2) is 39.9 Å². The Hall–Kier alpha value is -4.28. The zero-order valence-corrected chi connectivity index (χ0v) is 21.6. The second-order valence-corrected chi connectivity index (χ2v) is 10.0. The van der Waals surface area contributed by atoms with Crippen LogP contribution in [0.25, 0.3) is 0 Å². The lowest BCUT2D eigenvalue weighted by molar-refractivity contribution is -0.154. The summed E-state index contributed by atoms with van der Waals surface area (Å²) in [5.74, 6) is 5.07. The second-order valence-electron chi connectivity index (χ2n) is 8.93. The van der Waals surface area contributed by atoms with Gasteiger partial charge in [0.25, 0.3) is 5.91 Å². The maximum absolute atomic E-state index is 13.7. The minimum absolute atomic E-state index is 0.151. The highest BCUT2D eigenvalue weighted by atomic mass is 32.2. The van der Waals surface area contributed by atoms with E-state index in [1.165, 1.54) is 16.7 Å². The molecule has 2 aliphatic heterocycles. The standard InChI is InChI=1S/C31H26N2O4S/c1-2-12-24-20-38-30-26(32-25(34)19-21-13-6-3-7-14-21)29(35)33(30)27(24)31(36)37-28(22-15-8-4-9-16-22)23-17-10-5-11-18-23/h3-11,13-18,26,28,30H,19-20H2,1H3,(H,32,34)/t26?,30-/m0/s1.